The van der Waals surface area contributed by atoms with Gasteiger partial charge in [0.25, 0.3) is 11.8 Å². The molecule has 0 radical (unpaired) electrons. The smallest absolute Gasteiger partial charge is 0.287 e. The highest BCUT2D eigenvalue weighted by atomic mass is 32.2. The van der Waals surface area contributed by atoms with E-state index in [2.05, 4.69) is 20.9 Å². The molecule has 1 aliphatic carbocycles. The average molecular weight is 773 g/mol. The fraction of sp³-hybridized carbons (Fsp3) is 0.600. The number of benzene rings is 1. The minimum absolute atomic E-state index is 0.00725. The third kappa shape index (κ3) is 9.12. The van der Waals surface area contributed by atoms with Crippen molar-refractivity contribution in [3.63, 3.8) is 0 Å². The maximum atomic E-state index is 14.8. The number of nitrogens with one attached hydrogen (secondary N) is 2. The summed E-state index contributed by atoms with van der Waals surface area (Å²) in [5, 5.41) is 24.6. The van der Waals surface area contributed by atoms with Crippen LogP contribution in [0.5, 0.6) is 0 Å². The van der Waals surface area contributed by atoms with E-state index in [-0.39, 0.29) is 61.8 Å². The molecule has 5 rings (SSSR count). The highest BCUT2D eigenvalue weighted by Crippen LogP contribution is 2.34. The topological polar surface area (TPSA) is 276 Å². The fourth-order valence-electron chi connectivity index (χ4n) is 7.62. The molecule has 2 aromatic rings. The number of ketones is 1. The van der Waals surface area contributed by atoms with Crippen molar-refractivity contribution in [3.8, 4) is 0 Å². The van der Waals surface area contributed by atoms with Crippen LogP contribution in [0.3, 0.4) is 0 Å². The number of nitrogens with zero attached hydrogens (tertiary/aromatic N) is 4. The monoisotopic (exact) mass is 772 g/mol. The van der Waals surface area contributed by atoms with Gasteiger partial charge in [-0.25, -0.2) is 13.1 Å². The molecule has 19 heteroatoms. The quantitative estimate of drug-likeness (QED) is 0.151. The van der Waals surface area contributed by atoms with Crippen molar-refractivity contribution in [1.29, 1.82) is 0 Å². The van der Waals surface area contributed by atoms with Crippen LogP contribution in [0.15, 0.2) is 35.4 Å². The molecular weight excluding hydrogens is 724 g/mol. The van der Waals surface area contributed by atoms with E-state index in [1.807, 2.05) is 0 Å². The number of aliphatic hydroxyl groups is 1. The van der Waals surface area contributed by atoms with E-state index in [1.165, 1.54) is 40.0 Å². The number of rotatable bonds is 14. The van der Waals surface area contributed by atoms with Gasteiger partial charge in [0, 0.05) is 44.6 Å². The van der Waals surface area contributed by atoms with Gasteiger partial charge in [0.05, 0.1) is 22.8 Å². The van der Waals surface area contributed by atoms with E-state index in [4.69, 9.17) is 16.2 Å². The number of sulfone groups is 1. The molecule has 0 bridgehead atoms. The molecule has 1 aromatic carbocycles. The average Bonchev–Trinajstić information content (AvgIpc) is 3.80. The third-order valence-electron chi connectivity index (χ3n) is 10.5. The molecule has 54 heavy (non-hydrogen) atoms. The number of aromatic nitrogens is 3. The van der Waals surface area contributed by atoms with E-state index in [0.717, 1.165) is 32.1 Å². The molecule has 1 saturated carbocycles. The van der Waals surface area contributed by atoms with Crippen LogP contribution in [0.1, 0.15) is 93.7 Å². The Morgan fingerprint density at radius 3 is 2.28 bits per heavy atom. The molecule has 18 nitrogen and oxygen atoms in total. The van der Waals surface area contributed by atoms with Crippen LogP contribution >= 0.6 is 0 Å². The highest BCUT2D eigenvalue weighted by Gasteiger charge is 2.49. The molecule has 1 unspecified atom stereocenters. The minimum atomic E-state index is -4.03. The lowest BCUT2D eigenvalue weighted by atomic mass is 9.84. The molecule has 3 fully saturated rings. The first-order chi connectivity index (χ1) is 25.4. The van der Waals surface area contributed by atoms with Gasteiger partial charge in [0.15, 0.2) is 9.84 Å². The summed E-state index contributed by atoms with van der Waals surface area (Å²) < 4.78 is 31.8. The van der Waals surface area contributed by atoms with Crippen LogP contribution in [0, 0.1) is 5.92 Å². The predicted molar refractivity (Wildman–Crippen MR) is 190 cm³/mol. The van der Waals surface area contributed by atoms with Crippen molar-refractivity contribution in [2.45, 2.75) is 106 Å². The van der Waals surface area contributed by atoms with Crippen LogP contribution in [-0.2, 0) is 44.1 Å². The molecule has 294 valence electrons. The first kappa shape index (κ1) is 40.4. The molecule has 7 N–H and O–H groups in total. The molecule has 2 saturated heterocycles. The Labute approximate surface area is 312 Å². The number of amides is 5. The Balaban J connectivity index is 1.47. The van der Waals surface area contributed by atoms with Crippen molar-refractivity contribution in [2.24, 2.45) is 17.4 Å². The van der Waals surface area contributed by atoms with Crippen molar-refractivity contribution < 1.29 is 47.0 Å². The molecule has 1 aromatic heterocycles. The second-order valence-corrected chi connectivity index (χ2v) is 16.9. The van der Waals surface area contributed by atoms with Gasteiger partial charge < -0.3 is 36.8 Å². The van der Waals surface area contributed by atoms with Crippen molar-refractivity contribution in [2.75, 3.05) is 25.5 Å². The van der Waals surface area contributed by atoms with E-state index >= 15 is 0 Å². The first-order valence-corrected chi connectivity index (χ1v) is 19.7. The minimum Gasteiger partial charge on any atom is -0.384 e. The maximum Gasteiger partial charge on any atom is 0.287 e. The van der Waals surface area contributed by atoms with E-state index in [1.54, 1.807) is 13.8 Å². The Morgan fingerprint density at radius 2 is 1.69 bits per heavy atom. The van der Waals surface area contributed by atoms with Gasteiger partial charge in [0.2, 0.25) is 23.5 Å². The lowest BCUT2D eigenvalue weighted by molar-refractivity contribution is -0.147. The van der Waals surface area contributed by atoms with E-state index in [0.29, 0.717) is 5.69 Å². The molecule has 5 amide bonds. The number of likely N-dealkylation sites (tertiary alicyclic amines) is 1. The second kappa shape index (κ2) is 16.3. The third-order valence-corrected chi connectivity index (χ3v) is 12.1. The van der Waals surface area contributed by atoms with Crippen LogP contribution in [0.2, 0.25) is 0 Å². The van der Waals surface area contributed by atoms with Crippen LogP contribution in [0.25, 0.3) is 0 Å². The van der Waals surface area contributed by atoms with Crippen LogP contribution in [0.4, 0.5) is 0 Å². The second-order valence-electron chi connectivity index (χ2n) is 14.9. The predicted octanol–water partition coefficient (Wildman–Crippen LogP) is -0.605. The number of primary amides is 2. The standard InChI is InChI=1S/C35H48N8O10S/c1-34(2,50)27-18-38-41-43(27)23-17-26(32(48)40-35(29(45)30(37)46)12-14-53-15-13-35)42(19-23)33(49)25(16-21-6-4-3-5-7-21)39-31(47)22-8-10-24(11-9-22)54(51,52)20-28(36)44/h8-11,18,21,23,25-26,50H,3-7,12-17,19-20H2,1-2H3,(H2,36,44)(H2,37,46)(H,39,47)(H,40,48)/t23-,25?,26-/m0/s1. The normalized spacial score (nSPS) is 21.2. The zero-order valence-corrected chi connectivity index (χ0v) is 31.2. The molecule has 0 spiro atoms. The van der Waals surface area contributed by atoms with Crippen LogP contribution < -0.4 is 22.1 Å². The Morgan fingerprint density at radius 1 is 1.04 bits per heavy atom. The van der Waals surface area contributed by atoms with Gasteiger partial charge in [-0.05, 0) is 50.5 Å². The largest absolute Gasteiger partial charge is 0.384 e. The lowest BCUT2D eigenvalue weighted by Gasteiger charge is -2.37. The van der Waals surface area contributed by atoms with Crippen molar-refractivity contribution in [3.05, 3.63) is 41.7 Å². The van der Waals surface area contributed by atoms with Gasteiger partial charge in [-0.3, -0.25) is 28.8 Å². The van der Waals surface area contributed by atoms with Crippen LogP contribution in [-0.4, -0.2) is 112 Å². The summed E-state index contributed by atoms with van der Waals surface area (Å²) in [6, 6.07) is 1.89. The molecule has 3 aliphatic rings. The number of hydrogen-bond acceptors (Lipinski definition) is 12. The molecule has 3 heterocycles. The zero-order chi connectivity index (χ0) is 39.4. The number of Topliss-reactive ketones (excluding diaryl/α,β-unsaturated/α-hetero) is 1. The SMILES string of the molecule is CC(C)(O)c1cnnn1[C@H]1C[C@@H](C(=O)NC2(C(=O)C(N)=O)CCOCC2)N(C(=O)C(CC2CCCCC2)NC(=O)c2ccc(S(=O)(=O)CC(N)=O)cc2)C1. The summed E-state index contributed by atoms with van der Waals surface area (Å²) in [6.45, 7) is 3.17. The summed E-state index contributed by atoms with van der Waals surface area (Å²) in [5.74, 6) is -6.03. The van der Waals surface area contributed by atoms with Gasteiger partial charge in [-0.1, -0.05) is 37.3 Å². The molecule has 3 atom stereocenters. The van der Waals surface area contributed by atoms with Gasteiger partial charge in [-0.2, -0.15) is 0 Å². The number of nitrogens with two attached hydrogens (primary N) is 2. The fourth-order valence-corrected chi connectivity index (χ4v) is 8.71. The summed E-state index contributed by atoms with van der Waals surface area (Å²) >= 11 is 0. The zero-order valence-electron chi connectivity index (χ0n) is 30.4. The summed E-state index contributed by atoms with van der Waals surface area (Å²) in [4.78, 5) is 80.3. The first-order valence-electron chi connectivity index (χ1n) is 18.0. The summed E-state index contributed by atoms with van der Waals surface area (Å²) in [5.41, 5.74) is 7.82. The highest BCUT2D eigenvalue weighted by molar-refractivity contribution is 7.92. The number of ether oxygens (including phenoxy) is 1. The number of carbonyl (C=O) groups is 6. The Bertz CT molecular complexity index is 1860. The van der Waals surface area contributed by atoms with E-state index in [9.17, 15) is 42.3 Å². The van der Waals surface area contributed by atoms with Gasteiger partial charge >= 0.3 is 0 Å². The number of hydrogen-bond donors (Lipinski definition) is 5. The lowest BCUT2D eigenvalue weighted by Crippen LogP contribution is -2.64. The van der Waals surface area contributed by atoms with Crippen molar-refractivity contribution >= 4 is 45.2 Å². The Kier molecular flexibility index (Phi) is 12.2. The summed E-state index contributed by atoms with van der Waals surface area (Å²) in [7, 11) is -4.03. The molecule has 2 aliphatic heterocycles. The van der Waals surface area contributed by atoms with Crippen molar-refractivity contribution in [1.82, 2.24) is 30.5 Å². The maximum absolute atomic E-state index is 14.8. The van der Waals surface area contributed by atoms with Gasteiger partial charge in [-0.15, -0.1) is 5.10 Å². The van der Waals surface area contributed by atoms with E-state index < -0.39 is 80.2 Å². The number of carbonyl (C=O) groups excluding carboxylic acids is 6. The molecular formula is C35H48N8O10S. The summed E-state index contributed by atoms with van der Waals surface area (Å²) in [6.07, 6.45) is 6.20. The Hall–Kier alpha value is -4.75. The van der Waals surface area contributed by atoms with Gasteiger partial charge in [0.1, 0.15) is 29.0 Å².